The van der Waals surface area contributed by atoms with Crippen molar-refractivity contribution in [2.45, 2.75) is 302 Å². The van der Waals surface area contributed by atoms with Gasteiger partial charge in [0.1, 0.15) is 18.8 Å². The van der Waals surface area contributed by atoms with Crippen molar-refractivity contribution in [2.24, 2.45) is 0 Å². The third kappa shape index (κ3) is 39.7. The minimum absolute atomic E-state index is 0.0510. The van der Waals surface area contributed by atoms with Gasteiger partial charge in [0.05, 0.1) is 6.61 Å². The number of hydrogen-bond acceptors (Lipinski definition) is 11. The predicted octanol–water partition coefficient (Wildman–Crippen LogP) is 15.0. The van der Waals surface area contributed by atoms with Gasteiger partial charge < -0.3 is 39.0 Å². The number of unbranched alkanes of at least 4 members (excludes halogenated alkanes) is 28. The Morgan fingerprint density at radius 1 is 0.452 bits per heavy atom. The van der Waals surface area contributed by atoms with Crippen LogP contribution in [0.3, 0.4) is 0 Å². The highest BCUT2D eigenvalue weighted by Crippen LogP contribution is 2.26. The third-order valence-corrected chi connectivity index (χ3v) is 13.4. The molecule has 422 valence electrons. The van der Waals surface area contributed by atoms with E-state index in [1.54, 1.807) is 0 Å². The van der Waals surface area contributed by atoms with Crippen LogP contribution in [0.5, 0.6) is 0 Å². The lowest BCUT2D eigenvalue weighted by atomic mass is 9.98. The quantitative estimate of drug-likeness (QED) is 0.0228. The molecule has 3 N–H and O–H groups in total. The molecule has 0 aromatic heterocycles. The van der Waals surface area contributed by atoms with Crippen LogP contribution in [-0.4, -0.2) is 89.2 Å². The van der Waals surface area contributed by atoms with E-state index in [2.05, 4.69) is 69.4 Å². The van der Waals surface area contributed by atoms with Crippen molar-refractivity contribution in [3.63, 3.8) is 0 Å². The van der Waals surface area contributed by atoms with Gasteiger partial charge in [0.2, 0.25) is 0 Å². The molecule has 0 aromatic rings. The first-order chi connectivity index (χ1) is 35.6. The number of esters is 3. The van der Waals surface area contributed by atoms with E-state index in [1.165, 1.54) is 96.3 Å². The second-order valence-corrected chi connectivity index (χ2v) is 20.3. The van der Waals surface area contributed by atoms with E-state index in [0.29, 0.717) is 19.3 Å². The molecule has 0 radical (unpaired) electrons. The fraction of sp³-hybridized carbons (Fsp3) is 0.803. The first kappa shape index (κ1) is 67.7. The van der Waals surface area contributed by atoms with Gasteiger partial charge in [0, 0.05) is 19.3 Å². The first-order valence-corrected chi connectivity index (χ1v) is 29.6. The number of carbonyl (C=O) groups is 4. The summed E-state index contributed by atoms with van der Waals surface area (Å²) in [5.74, 6) is -3.13. The van der Waals surface area contributed by atoms with Crippen LogP contribution >= 0.6 is 0 Å². The fourth-order valence-corrected chi connectivity index (χ4v) is 8.78. The van der Waals surface area contributed by atoms with E-state index < -0.39 is 67.3 Å². The van der Waals surface area contributed by atoms with Crippen molar-refractivity contribution in [1.82, 2.24) is 0 Å². The molecular formula is C61H106O12. The van der Waals surface area contributed by atoms with Crippen molar-refractivity contribution in [2.75, 3.05) is 13.2 Å². The van der Waals surface area contributed by atoms with Crippen molar-refractivity contribution >= 4 is 23.9 Å². The van der Waals surface area contributed by atoms with E-state index in [-0.39, 0.29) is 25.9 Å². The highest BCUT2D eigenvalue weighted by molar-refractivity contribution is 5.74. The summed E-state index contributed by atoms with van der Waals surface area (Å²) in [4.78, 5) is 51.0. The molecule has 73 heavy (non-hydrogen) atoms. The van der Waals surface area contributed by atoms with Gasteiger partial charge in [-0.15, -0.1) is 0 Å². The predicted molar refractivity (Wildman–Crippen MR) is 294 cm³/mol. The van der Waals surface area contributed by atoms with E-state index in [9.17, 15) is 34.5 Å². The maximum Gasteiger partial charge on any atom is 0.335 e. The van der Waals surface area contributed by atoms with E-state index >= 15 is 0 Å². The van der Waals surface area contributed by atoms with Gasteiger partial charge in [0.15, 0.2) is 24.6 Å². The van der Waals surface area contributed by atoms with Gasteiger partial charge in [-0.25, -0.2) is 4.79 Å². The van der Waals surface area contributed by atoms with Gasteiger partial charge in [-0.1, -0.05) is 211 Å². The molecule has 1 saturated heterocycles. The Bertz CT molecular complexity index is 1460. The maximum absolute atomic E-state index is 13.1. The van der Waals surface area contributed by atoms with Crippen LogP contribution in [0.4, 0.5) is 0 Å². The SMILES string of the molecule is CCCCC/C=C\C/C=C\C/C=C\CCCCCCCCC(=O)OCC(COC1OC(C(=O)O)C(O)C(O)C1OC(=O)CCCCCCC/C=C\CCCCCCCC)OC(=O)CCCCCCCCCCC. The summed E-state index contributed by atoms with van der Waals surface area (Å²) < 4.78 is 28.4. The Balaban J connectivity index is 2.65. The lowest BCUT2D eigenvalue weighted by Gasteiger charge is -2.40. The van der Waals surface area contributed by atoms with Crippen LogP contribution in [0.1, 0.15) is 265 Å². The second kappa shape index (κ2) is 49.6. The fourth-order valence-electron chi connectivity index (χ4n) is 8.78. The van der Waals surface area contributed by atoms with Gasteiger partial charge in [-0.05, 0) is 83.5 Å². The van der Waals surface area contributed by atoms with Crippen molar-refractivity contribution in [3.8, 4) is 0 Å². The molecule has 0 spiro atoms. The lowest BCUT2D eigenvalue weighted by Crippen LogP contribution is -2.61. The van der Waals surface area contributed by atoms with Crippen molar-refractivity contribution < 1.29 is 58.2 Å². The highest BCUT2D eigenvalue weighted by atomic mass is 16.7. The Labute approximate surface area is 443 Å². The number of aliphatic carboxylic acids is 1. The smallest absolute Gasteiger partial charge is 0.335 e. The van der Waals surface area contributed by atoms with Gasteiger partial charge in [0.25, 0.3) is 0 Å². The molecule has 6 atom stereocenters. The summed E-state index contributed by atoms with van der Waals surface area (Å²) in [5, 5.41) is 31.4. The van der Waals surface area contributed by atoms with Gasteiger partial charge in [-0.2, -0.15) is 0 Å². The van der Waals surface area contributed by atoms with Crippen LogP contribution < -0.4 is 0 Å². The van der Waals surface area contributed by atoms with E-state index in [1.807, 2.05) is 0 Å². The molecule has 12 nitrogen and oxygen atoms in total. The number of carboxylic acid groups (broad SMARTS) is 1. The van der Waals surface area contributed by atoms with Crippen molar-refractivity contribution in [3.05, 3.63) is 48.6 Å². The minimum atomic E-state index is -1.90. The Kier molecular flexibility index (Phi) is 45.9. The number of allylic oxidation sites excluding steroid dienone is 8. The highest BCUT2D eigenvalue weighted by Gasteiger charge is 2.50. The number of hydrogen-bond donors (Lipinski definition) is 3. The number of aliphatic hydroxyl groups excluding tert-OH is 2. The molecular weight excluding hydrogens is 925 g/mol. The Morgan fingerprint density at radius 2 is 0.822 bits per heavy atom. The average Bonchev–Trinajstić information content (AvgIpc) is 3.37. The number of ether oxygens (including phenoxy) is 5. The minimum Gasteiger partial charge on any atom is -0.479 e. The molecule has 1 aliphatic heterocycles. The van der Waals surface area contributed by atoms with Crippen molar-refractivity contribution in [1.29, 1.82) is 0 Å². The van der Waals surface area contributed by atoms with Crippen LogP contribution in [0.25, 0.3) is 0 Å². The summed E-state index contributed by atoms with van der Waals surface area (Å²) >= 11 is 0. The molecule has 1 aliphatic rings. The zero-order valence-corrected chi connectivity index (χ0v) is 46.4. The number of carboxylic acids is 1. The number of carbonyl (C=O) groups excluding carboxylic acids is 3. The number of aliphatic hydroxyl groups is 2. The summed E-state index contributed by atoms with van der Waals surface area (Å²) in [7, 11) is 0. The van der Waals surface area contributed by atoms with E-state index in [4.69, 9.17) is 23.7 Å². The number of rotatable bonds is 50. The zero-order valence-electron chi connectivity index (χ0n) is 46.4. The largest absolute Gasteiger partial charge is 0.479 e. The van der Waals surface area contributed by atoms with Crippen LogP contribution in [0, 0.1) is 0 Å². The topological polar surface area (TPSA) is 175 Å². The molecule has 0 bridgehead atoms. The van der Waals surface area contributed by atoms with E-state index in [0.717, 1.165) is 109 Å². The molecule has 6 unspecified atom stereocenters. The van der Waals surface area contributed by atoms with Crippen LogP contribution in [-0.2, 0) is 42.9 Å². The molecule has 12 heteroatoms. The maximum atomic E-state index is 13.1. The molecule has 0 saturated carbocycles. The lowest BCUT2D eigenvalue weighted by molar-refractivity contribution is -0.301. The summed E-state index contributed by atoms with van der Waals surface area (Å²) in [6.07, 6.45) is 46.6. The van der Waals surface area contributed by atoms with Gasteiger partial charge in [-0.3, -0.25) is 14.4 Å². The van der Waals surface area contributed by atoms with Gasteiger partial charge >= 0.3 is 23.9 Å². The summed E-state index contributed by atoms with van der Waals surface area (Å²) in [6.45, 7) is 5.93. The first-order valence-electron chi connectivity index (χ1n) is 29.6. The molecule has 1 fully saturated rings. The monoisotopic (exact) mass is 1030 g/mol. The Hall–Kier alpha value is -3.32. The summed E-state index contributed by atoms with van der Waals surface area (Å²) in [5.41, 5.74) is 0. The normalized spacial score (nSPS) is 18.6. The third-order valence-electron chi connectivity index (χ3n) is 13.4. The molecule has 1 rings (SSSR count). The average molecular weight is 1030 g/mol. The van der Waals surface area contributed by atoms with Crippen LogP contribution in [0.2, 0.25) is 0 Å². The zero-order chi connectivity index (χ0) is 53.3. The molecule has 0 aromatic carbocycles. The second-order valence-electron chi connectivity index (χ2n) is 20.3. The van der Waals surface area contributed by atoms with Crippen LogP contribution in [0.15, 0.2) is 48.6 Å². The Morgan fingerprint density at radius 3 is 1.29 bits per heavy atom. The molecule has 0 aliphatic carbocycles. The molecule has 0 amide bonds. The standard InChI is InChI=1S/C61H106O12/c1-4-7-10-13-16-19-21-23-25-26-27-28-30-31-33-36-38-41-44-47-53(62)69-50-52(71-54(63)48-45-42-39-35-18-15-12-9-6-3)51-70-61-59(57(66)56(65)58(73-61)60(67)68)72-55(64)49-46-43-40-37-34-32-29-24-22-20-17-14-11-8-5-2/h16,19,23-25,27-29,52,56-59,61,65-66H,4-15,17-18,20-22,26,30-51H2,1-3H3,(H,67,68)/b19-16-,25-23-,28-27-,29-24-. The molecule has 1 heterocycles. The summed E-state index contributed by atoms with van der Waals surface area (Å²) in [6, 6.07) is 0.